The van der Waals surface area contributed by atoms with Gasteiger partial charge in [-0.2, -0.15) is 0 Å². The number of aromatic nitrogens is 1. The predicted molar refractivity (Wildman–Crippen MR) is 76.6 cm³/mol. The topological polar surface area (TPSA) is 105 Å². The molecule has 1 aromatic heterocycles. The molecule has 0 aromatic carbocycles. The second-order valence-corrected chi connectivity index (χ2v) is 9.88. The first kappa shape index (κ1) is 27.3. The zero-order chi connectivity index (χ0) is 17.1. The van der Waals surface area contributed by atoms with Crippen molar-refractivity contribution in [1.29, 1.82) is 0 Å². The van der Waals surface area contributed by atoms with Gasteiger partial charge < -0.3 is 0 Å². The molecule has 1 aromatic rings. The number of nitrogens with zero attached hydrogens (tertiary/aromatic N) is 1. The zero-order valence-electron chi connectivity index (χ0n) is 13.8. The minimum Gasteiger partial charge on any atom is -0.265 e. The van der Waals surface area contributed by atoms with Gasteiger partial charge in [0.2, 0.25) is 0 Å². The van der Waals surface area contributed by atoms with Crippen molar-refractivity contribution < 1.29 is 51.3 Å². The van der Waals surface area contributed by atoms with E-state index in [-0.39, 0.29) is 30.3 Å². The molecule has 0 atom stereocenters. The molecular formula is C14H26AuClNO4P. The fraction of sp³-hybridized carbons (Fsp3) is 0.643. The molecule has 134 valence electrons. The van der Waals surface area contributed by atoms with E-state index < -0.39 is 10.2 Å². The number of rotatable bonds is 3. The normalized spacial score (nSPS) is 10.6. The van der Waals surface area contributed by atoms with Crippen LogP contribution in [0.1, 0.15) is 41.5 Å². The van der Waals surface area contributed by atoms with Crippen LogP contribution in [0.15, 0.2) is 30.6 Å². The van der Waals surface area contributed by atoms with Crippen molar-refractivity contribution in [2.45, 2.75) is 58.5 Å². The van der Waals surface area contributed by atoms with Crippen LogP contribution in [0.2, 0.25) is 0 Å². The van der Waals surface area contributed by atoms with E-state index in [9.17, 15) is 0 Å². The minimum absolute atomic E-state index is 0. The first-order valence-corrected chi connectivity index (χ1v) is 9.49. The number of pyridine rings is 1. The molecule has 5 nitrogen and oxygen atoms in total. The molecule has 0 amide bonds. The van der Waals surface area contributed by atoms with Crippen molar-refractivity contribution >= 4 is 7.92 Å². The smallest absolute Gasteiger partial charge is 0.265 e. The van der Waals surface area contributed by atoms with Gasteiger partial charge in [-0.15, -0.1) is 10.2 Å². The van der Waals surface area contributed by atoms with Gasteiger partial charge >= 0.3 is 22.4 Å². The van der Waals surface area contributed by atoms with Crippen LogP contribution >= 0.6 is 7.92 Å². The summed E-state index contributed by atoms with van der Waals surface area (Å²) in [4.78, 5) is 3.78. The Morgan fingerprint density at radius 2 is 1.00 bits per heavy atom. The third-order valence-electron chi connectivity index (χ3n) is 2.36. The second kappa shape index (κ2) is 15.0. The Balaban J connectivity index is -0.000000258. The van der Waals surface area contributed by atoms with E-state index >= 15 is 0 Å². The van der Waals surface area contributed by atoms with Crippen LogP contribution in [0.25, 0.3) is 0 Å². The largest absolute Gasteiger partial charge is 1.00 e. The Labute approximate surface area is 153 Å². The second-order valence-electron chi connectivity index (χ2n) is 5.13. The van der Waals surface area contributed by atoms with Crippen molar-refractivity contribution in [2.24, 2.45) is 0 Å². The van der Waals surface area contributed by atoms with Crippen molar-refractivity contribution in [1.82, 2.24) is 4.98 Å². The molecule has 1 rings (SSSR count). The molecule has 0 saturated heterocycles. The van der Waals surface area contributed by atoms with Crippen LogP contribution < -0.4 is 18.6 Å². The maximum atomic E-state index is 8.49. The Morgan fingerprint density at radius 3 is 1.05 bits per heavy atom. The van der Waals surface area contributed by atoms with Gasteiger partial charge in [0.15, 0.2) is 0 Å². The summed E-state index contributed by atoms with van der Waals surface area (Å²) in [7, 11) is -4.68. The molecule has 0 N–H and O–H groups in total. The van der Waals surface area contributed by atoms with Gasteiger partial charge in [0.05, 0.1) is 0 Å². The monoisotopic (exact) mass is 535 g/mol. The van der Waals surface area contributed by atoms with Crippen LogP contribution in [-0.2, 0) is 22.4 Å². The molecular weight excluding hydrogens is 510 g/mol. The summed E-state index contributed by atoms with van der Waals surface area (Å²) < 4.78 is 34.0. The third-order valence-corrected chi connectivity index (χ3v) is 5.93. The summed E-state index contributed by atoms with van der Waals surface area (Å²) in [5.74, 6) is 0. The van der Waals surface area contributed by atoms with E-state index in [0.717, 1.165) is 17.0 Å². The third kappa shape index (κ3) is 22.7. The van der Waals surface area contributed by atoms with Crippen molar-refractivity contribution in [3.8, 4) is 0 Å². The molecule has 0 bridgehead atoms. The average Bonchev–Trinajstić information content (AvgIpc) is 2.27. The van der Waals surface area contributed by atoms with Crippen LogP contribution in [-0.4, -0.2) is 22.0 Å². The maximum Gasteiger partial charge on any atom is 1.00 e. The van der Waals surface area contributed by atoms with Crippen molar-refractivity contribution in [3.63, 3.8) is 0 Å². The van der Waals surface area contributed by atoms with Crippen LogP contribution in [0.3, 0.4) is 0 Å². The summed E-state index contributed by atoms with van der Waals surface area (Å²) >= 11 is 0. The first-order valence-electron chi connectivity index (χ1n) is 6.71. The average molecular weight is 536 g/mol. The molecule has 0 aliphatic carbocycles. The van der Waals surface area contributed by atoms with Crippen LogP contribution in [0, 0.1) is 10.2 Å². The number of halogens is 1. The number of hydrogen-bond donors (Lipinski definition) is 0. The SMILES string of the molecule is CC(C)P(C(C)C)C(C)C.[Au+].[O-][Cl+3]([O-])([O-])[O-].c1ccncc1. The summed E-state index contributed by atoms with van der Waals surface area (Å²) in [6, 6.07) is 5.72. The van der Waals surface area contributed by atoms with Gasteiger partial charge in [-0.1, -0.05) is 55.5 Å². The Bertz CT molecular complexity index is 286. The quantitative estimate of drug-likeness (QED) is 0.401. The van der Waals surface area contributed by atoms with E-state index in [4.69, 9.17) is 18.6 Å². The Kier molecular flexibility index (Phi) is 18.6. The van der Waals surface area contributed by atoms with Gasteiger partial charge in [0, 0.05) is 12.4 Å². The number of hydrogen-bond acceptors (Lipinski definition) is 5. The van der Waals surface area contributed by atoms with Crippen LogP contribution in [0.5, 0.6) is 0 Å². The molecule has 0 saturated carbocycles. The molecule has 0 unspecified atom stereocenters. The molecule has 1 heterocycles. The van der Waals surface area contributed by atoms with E-state index in [1.165, 1.54) is 0 Å². The standard InChI is InChI=1S/C9H21P.C5H5N.Au.ClHO4/c1-7(2)10(8(3)4)9(5)6;1-2-4-6-5-3-1;;2-1(3,4)5/h7-9H,1-6H3;1-5H;;(H,2,3,4,5)/q;;+1;/p-1. The van der Waals surface area contributed by atoms with Gasteiger partial charge in [0.1, 0.15) is 0 Å². The van der Waals surface area contributed by atoms with E-state index in [1.54, 1.807) is 12.4 Å². The van der Waals surface area contributed by atoms with Crippen LogP contribution in [0.4, 0.5) is 0 Å². The van der Waals surface area contributed by atoms with Gasteiger partial charge in [0.25, 0.3) is 0 Å². The van der Waals surface area contributed by atoms with E-state index in [2.05, 4.69) is 46.5 Å². The molecule has 0 fully saturated rings. The Morgan fingerprint density at radius 1 is 0.727 bits per heavy atom. The van der Waals surface area contributed by atoms with Gasteiger partial charge in [-0.25, -0.2) is 18.6 Å². The summed E-state index contributed by atoms with van der Waals surface area (Å²) in [5.41, 5.74) is 2.69. The molecule has 8 heteroatoms. The molecule has 22 heavy (non-hydrogen) atoms. The maximum absolute atomic E-state index is 8.49. The summed E-state index contributed by atoms with van der Waals surface area (Å²) in [6.45, 7) is 14.1. The molecule has 0 aliphatic rings. The summed E-state index contributed by atoms with van der Waals surface area (Å²) in [5, 5.41) is 0. The van der Waals surface area contributed by atoms with Crippen molar-refractivity contribution in [2.75, 3.05) is 0 Å². The molecule has 0 spiro atoms. The predicted octanol–water partition coefficient (Wildman–Crippen LogP) is 0.0166. The van der Waals surface area contributed by atoms with Crippen molar-refractivity contribution in [3.05, 3.63) is 30.6 Å². The Hall–Kier alpha value is 0.450. The van der Waals surface area contributed by atoms with Gasteiger partial charge in [-0.3, -0.25) is 4.98 Å². The van der Waals surface area contributed by atoms with E-state index in [0.29, 0.717) is 0 Å². The zero-order valence-corrected chi connectivity index (χ0v) is 17.6. The molecule has 0 aliphatic heterocycles. The first-order chi connectivity index (χ1) is 9.46. The minimum atomic E-state index is -4.94. The van der Waals surface area contributed by atoms with Gasteiger partial charge in [-0.05, 0) is 29.1 Å². The fourth-order valence-electron chi connectivity index (χ4n) is 2.10. The molecule has 0 radical (unpaired) electrons. The van der Waals surface area contributed by atoms with E-state index in [1.807, 2.05) is 18.2 Å². The summed E-state index contributed by atoms with van der Waals surface area (Å²) in [6.07, 6.45) is 3.50. The fourth-order valence-corrected chi connectivity index (χ4v) is 5.68.